The molecule has 4 nitrogen and oxygen atoms in total. The molecule has 5 heteroatoms. The second-order valence-corrected chi connectivity index (χ2v) is 5.51. The standard InChI is InChI=1S/C13H15N3OS/c17-12(14-9-4-3-5-9)8-18-13-15-10-6-1-2-7-11(10)16-13/h1-2,6-7,9H,3-5,8H2,(H,14,17)(H,15,16). The van der Waals surface area contributed by atoms with Crippen LogP contribution in [0.2, 0.25) is 0 Å². The van der Waals surface area contributed by atoms with Gasteiger partial charge in [0.2, 0.25) is 5.91 Å². The summed E-state index contributed by atoms with van der Waals surface area (Å²) in [7, 11) is 0. The Morgan fingerprint density at radius 2 is 2.28 bits per heavy atom. The van der Waals surface area contributed by atoms with Crippen LogP contribution in [0.5, 0.6) is 0 Å². The highest BCUT2D eigenvalue weighted by Gasteiger charge is 2.19. The predicted molar refractivity (Wildman–Crippen MR) is 72.6 cm³/mol. The van der Waals surface area contributed by atoms with Crippen molar-refractivity contribution < 1.29 is 4.79 Å². The second-order valence-electron chi connectivity index (χ2n) is 4.54. The third-order valence-corrected chi connectivity index (χ3v) is 4.05. The van der Waals surface area contributed by atoms with E-state index in [-0.39, 0.29) is 5.91 Å². The van der Waals surface area contributed by atoms with Gasteiger partial charge in [-0.25, -0.2) is 4.98 Å². The first-order valence-electron chi connectivity index (χ1n) is 6.18. The molecule has 2 N–H and O–H groups in total. The van der Waals surface area contributed by atoms with E-state index in [4.69, 9.17) is 0 Å². The Bertz CT molecular complexity index is 529. The van der Waals surface area contributed by atoms with Crippen LogP contribution >= 0.6 is 11.8 Å². The summed E-state index contributed by atoms with van der Waals surface area (Å²) < 4.78 is 0. The summed E-state index contributed by atoms with van der Waals surface area (Å²) in [6, 6.07) is 8.29. The molecule has 94 valence electrons. The van der Waals surface area contributed by atoms with Crippen molar-refractivity contribution in [2.45, 2.75) is 30.5 Å². The van der Waals surface area contributed by atoms with E-state index in [1.807, 2.05) is 24.3 Å². The number of thioether (sulfide) groups is 1. The Balaban J connectivity index is 1.57. The SMILES string of the molecule is O=C(CSc1nc2ccccc2[nH]1)NC1CCC1. The fourth-order valence-electron chi connectivity index (χ4n) is 1.95. The van der Waals surface area contributed by atoms with Gasteiger partial charge in [-0.3, -0.25) is 4.79 Å². The number of carbonyl (C=O) groups excluding carboxylic acids is 1. The first-order valence-corrected chi connectivity index (χ1v) is 7.17. The third kappa shape index (κ3) is 2.51. The van der Waals surface area contributed by atoms with Crippen molar-refractivity contribution in [2.75, 3.05) is 5.75 Å². The first-order chi connectivity index (χ1) is 8.81. The van der Waals surface area contributed by atoms with Crippen molar-refractivity contribution in [3.8, 4) is 0 Å². The number of H-pyrrole nitrogens is 1. The van der Waals surface area contributed by atoms with E-state index in [1.165, 1.54) is 18.2 Å². The van der Waals surface area contributed by atoms with Gasteiger partial charge in [0.1, 0.15) is 0 Å². The van der Waals surface area contributed by atoms with E-state index in [2.05, 4.69) is 15.3 Å². The Kier molecular flexibility index (Phi) is 3.23. The van der Waals surface area contributed by atoms with Crippen molar-refractivity contribution >= 4 is 28.7 Å². The highest BCUT2D eigenvalue weighted by molar-refractivity contribution is 7.99. The number of nitrogens with one attached hydrogen (secondary N) is 2. The lowest BCUT2D eigenvalue weighted by atomic mass is 9.93. The van der Waals surface area contributed by atoms with E-state index < -0.39 is 0 Å². The summed E-state index contributed by atoms with van der Waals surface area (Å²) >= 11 is 1.45. The van der Waals surface area contributed by atoms with Gasteiger partial charge in [0.15, 0.2) is 5.16 Å². The fraction of sp³-hybridized carbons (Fsp3) is 0.385. The van der Waals surface area contributed by atoms with Gasteiger partial charge in [-0.2, -0.15) is 0 Å². The average Bonchev–Trinajstić information content (AvgIpc) is 2.74. The van der Waals surface area contributed by atoms with Crippen LogP contribution in [-0.2, 0) is 4.79 Å². The monoisotopic (exact) mass is 261 g/mol. The van der Waals surface area contributed by atoms with Crippen LogP contribution in [0.25, 0.3) is 11.0 Å². The largest absolute Gasteiger partial charge is 0.353 e. The summed E-state index contributed by atoms with van der Waals surface area (Å²) in [6.07, 6.45) is 3.49. The zero-order valence-electron chi connectivity index (χ0n) is 9.98. The molecule has 0 atom stereocenters. The number of rotatable bonds is 4. The maximum atomic E-state index is 11.7. The summed E-state index contributed by atoms with van der Waals surface area (Å²) in [5.41, 5.74) is 1.96. The predicted octanol–water partition coefficient (Wildman–Crippen LogP) is 2.32. The van der Waals surface area contributed by atoms with Gasteiger partial charge < -0.3 is 10.3 Å². The number of amides is 1. The molecule has 1 amide bonds. The smallest absolute Gasteiger partial charge is 0.230 e. The molecule has 0 bridgehead atoms. The van der Waals surface area contributed by atoms with E-state index >= 15 is 0 Å². The van der Waals surface area contributed by atoms with Crippen molar-refractivity contribution in [2.24, 2.45) is 0 Å². The van der Waals surface area contributed by atoms with Gasteiger partial charge >= 0.3 is 0 Å². The Labute approximate surface area is 110 Å². The highest BCUT2D eigenvalue weighted by atomic mass is 32.2. The number of hydrogen-bond acceptors (Lipinski definition) is 3. The van der Waals surface area contributed by atoms with E-state index in [9.17, 15) is 4.79 Å². The van der Waals surface area contributed by atoms with Crippen LogP contribution in [-0.4, -0.2) is 27.7 Å². The van der Waals surface area contributed by atoms with E-state index in [0.717, 1.165) is 29.0 Å². The summed E-state index contributed by atoms with van der Waals surface area (Å²) in [6.45, 7) is 0. The number of hydrogen-bond donors (Lipinski definition) is 2. The molecule has 0 unspecified atom stereocenters. The molecule has 0 saturated heterocycles. The molecule has 0 aliphatic heterocycles. The topological polar surface area (TPSA) is 57.8 Å². The van der Waals surface area contributed by atoms with Gasteiger partial charge in [0, 0.05) is 6.04 Å². The Hall–Kier alpha value is -1.49. The molecule has 1 aliphatic carbocycles. The zero-order valence-corrected chi connectivity index (χ0v) is 10.8. The molecule has 1 heterocycles. The molecule has 1 aromatic carbocycles. The van der Waals surface area contributed by atoms with Gasteiger partial charge in [-0.05, 0) is 31.4 Å². The molecule has 2 aromatic rings. The second kappa shape index (κ2) is 5.02. The minimum absolute atomic E-state index is 0.102. The lowest BCUT2D eigenvalue weighted by molar-refractivity contribution is -0.119. The first kappa shape index (κ1) is 11.6. The number of benzene rings is 1. The third-order valence-electron chi connectivity index (χ3n) is 3.18. The van der Waals surface area contributed by atoms with Crippen LogP contribution in [0.4, 0.5) is 0 Å². The molecular formula is C13H15N3OS. The number of fused-ring (bicyclic) bond motifs is 1. The van der Waals surface area contributed by atoms with Gasteiger partial charge in [-0.1, -0.05) is 23.9 Å². The summed E-state index contributed by atoms with van der Waals surface area (Å²) in [4.78, 5) is 19.3. The molecule has 1 aromatic heterocycles. The maximum absolute atomic E-state index is 11.7. The summed E-state index contributed by atoms with van der Waals surface area (Å²) in [5, 5.41) is 3.82. The van der Waals surface area contributed by atoms with Gasteiger partial charge in [0.05, 0.1) is 16.8 Å². The summed E-state index contributed by atoms with van der Waals surface area (Å²) in [5.74, 6) is 0.529. The number of imidazole rings is 1. The maximum Gasteiger partial charge on any atom is 0.230 e. The molecule has 1 fully saturated rings. The highest BCUT2D eigenvalue weighted by Crippen LogP contribution is 2.20. The van der Waals surface area contributed by atoms with Crippen LogP contribution in [0.3, 0.4) is 0 Å². The normalized spacial score (nSPS) is 15.6. The van der Waals surface area contributed by atoms with Crippen molar-refractivity contribution in [1.82, 2.24) is 15.3 Å². The van der Waals surface area contributed by atoms with Crippen molar-refractivity contribution in [3.05, 3.63) is 24.3 Å². The molecular weight excluding hydrogens is 246 g/mol. The number of nitrogens with zero attached hydrogens (tertiary/aromatic N) is 1. The zero-order chi connectivity index (χ0) is 12.4. The molecule has 0 spiro atoms. The number of aromatic amines is 1. The molecule has 18 heavy (non-hydrogen) atoms. The van der Waals surface area contributed by atoms with Crippen LogP contribution in [0.15, 0.2) is 29.4 Å². The molecule has 1 saturated carbocycles. The van der Waals surface area contributed by atoms with E-state index in [0.29, 0.717) is 11.8 Å². The number of carbonyl (C=O) groups is 1. The minimum atomic E-state index is 0.102. The fourth-order valence-corrected chi connectivity index (χ4v) is 2.65. The van der Waals surface area contributed by atoms with Gasteiger partial charge in [-0.15, -0.1) is 0 Å². The van der Waals surface area contributed by atoms with Crippen molar-refractivity contribution in [1.29, 1.82) is 0 Å². The minimum Gasteiger partial charge on any atom is -0.353 e. The van der Waals surface area contributed by atoms with Crippen LogP contribution < -0.4 is 5.32 Å². The number of para-hydroxylation sites is 2. The van der Waals surface area contributed by atoms with Crippen LogP contribution in [0, 0.1) is 0 Å². The molecule has 1 aliphatic rings. The van der Waals surface area contributed by atoms with Gasteiger partial charge in [0.25, 0.3) is 0 Å². The molecule has 3 rings (SSSR count). The average molecular weight is 261 g/mol. The Morgan fingerprint density at radius 1 is 1.44 bits per heavy atom. The van der Waals surface area contributed by atoms with Crippen molar-refractivity contribution in [3.63, 3.8) is 0 Å². The Morgan fingerprint density at radius 3 is 3.00 bits per heavy atom. The van der Waals surface area contributed by atoms with E-state index in [1.54, 1.807) is 0 Å². The lowest BCUT2D eigenvalue weighted by Gasteiger charge is -2.26. The number of aromatic nitrogens is 2. The van der Waals surface area contributed by atoms with Crippen LogP contribution in [0.1, 0.15) is 19.3 Å². The quantitative estimate of drug-likeness (QED) is 0.830. The lowest BCUT2D eigenvalue weighted by Crippen LogP contribution is -2.40. The molecule has 0 radical (unpaired) electrons.